The van der Waals surface area contributed by atoms with Gasteiger partial charge in [0.1, 0.15) is 5.60 Å². The first-order valence-electron chi connectivity index (χ1n) is 12.3. The Morgan fingerprint density at radius 2 is 1.91 bits per heavy atom. The lowest BCUT2D eigenvalue weighted by molar-refractivity contribution is 0.0214. The molecule has 0 aromatic carbocycles. The van der Waals surface area contributed by atoms with Gasteiger partial charge >= 0.3 is 6.09 Å². The van der Waals surface area contributed by atoms with Gasteiger partial charge in [-0.1, -0.05) is 12.8 Å². The van der Waals surface area contributed by atoms with Crippen molar-refractivity contribution in [1.82, 2.24) is 24.9 Å². The van der Waals surface area contributed by atoms with Gasteiger partial charge in [0.25, 0.3) is 0 Å². The number of nitrogens with zero attached hydrogens (tertiary/aromatic N) is 5. The topological polar surface area (TPSA) is 75.0 Å². The summed E-state index contributed by atoms with van der Waals surface area (Å²) in [4.78, 5) is 21.1. The Morgan fingerprint density at radius 3 is 2.48 bits per heavy atom. The van der Waals surface area contributed by atoms with E-state index < -0.39 is 5.60 Å². The number of amides is 1. The standard InChI is InChI=1S/C24H42N6O2.HI/c1-6-28(23(31)32-24(2,3)4)18-19-11-14-29(15-12-19)22(25-5)26-17-20-13-16-30(27-20)21-9-7-8-10-21;/h13,16,19,21H,6-12,14-15,17-18H2,1-5H3,(H,25,26);1H. The molecule has 1 aliphatic carbocycles. The number of rotatable bonds is 6. The molecule has 1 N–H and O–H groups in total. The Labute approximate surface area is 216 Å². The van der Waals surface area contributed by atoms with E-state index in [9.17, 15) is 4.79 Å². The number of carbonyl (C=O) groups is 1. The summed E-state index contributed by atoms with van der Waals surface area (Å²) >= 11 is 0. The number of guanidine groups is 1. The quantitative estimate of drug-likeness (QED) is 0.304. The fourth-order valence-electron chi connectivity index (χ4n) is 4.64. The number of likely N-dealkylation sites (tertiary alicyclic amines) is 1. The molecule has 0 spiro atoms. The van der Waals surface area contributed by atoms with Crippen LogP contribution in [0.15, 0.2) is 17.3 Å². The Kier molecular flexibility index (Phi) is 10.8. The molecule has 2 fully saturated rings. The summed E-state index contributed by atoms with van der Waals surface area (Å²) in [5, 5.41) is 8.26. The monoisotopic (exact) mass is 574 g/mol. The molecule has 0 unspecified atom stereocenters. The first-order valence-corrected chi connectivity index (χ1v) is 12.3. The third kappa shape index (κ3) is 8.33. The van der Waals surface area contributed by atoms with Gasteiger partial charge in [-0.05, 0) is 65.4 Å². The Balaban J connectivity index is 0.00000385. The van der Waals surface area contributed by atoms with Crippen LogP contribution in [0.4, 0.5) is 4.79 Å². The fraction of sp³-hybridized carbons (Fsp3) is 0.792. The molecule has 33 heavy (non-hydrogen) atoms. The van der Waals surface area contributed by atoms with Crippen molar-refractivity contribution in [3.05, 3.63) is 18.0 Å². The molecule has 2 heterocycles. The number of piperidine rings is 1. The van der Waals surface area contributed by atoms with Gasteiger partial charge in [-0.3, -0.25) is 9.67 Å². The van der Waals surface area contributed by atoms with Crippen LogP contribution in [0.2, 0.25) is 0 Å². The van der Waals surface area contributed by atoms with Crippen LogP contribution in [0, 0.1) is 5.92 Å². The summed E-state index contributed by atoms with van der Waals surface area (Å²) in [5.41, 5.74) is 0.600. The van der Waals surface area contributed by atoms with Crippen LogP contribution in [0.25, 0.3) is 0 Å². The third-order valence-corrected chi connectivity index (χ3v) is 6.43. The van der Waals surface area contributed by atoms with E-state index in [2.05, 4.69) is 32.2 Å². The number of nitrogens with one attached hydrogen (secondary N) is 1. The summed E-state index contributed by atoms with van der Waals surface area (Å²) < 4.78 is 7.70. The number of hydrogen-bond donors (Lipinski definition) is 1. The third-order valence-electron chi connectivity index (χ3n) is 6.43. The molecule has 1 saturated carbocycles. The smallest absolute Gasteiger partial charge is 0.410 e. The molecule has 1 aromatic heterocycles. The minimum absolute atomic E-state index is 0. The van der Waals surface area contributed by atoms with E-state index in [0.717, 1.165) is 44.1 Å². The van der Waals surface area contributed by atoms with Gasteiger partial charge in [0.05, 0.1) is 18.3 Å². The van der Waals surface area contributed by atoms with Crippen LogP contribution in [0.5, 0.6) is 0 Å². The van der Waals surface area contributed by atoms with Crippen molar-refractivity contribution in [2.24, 2.45) is 10.9 Å². The lowest BCUT2D eigenvalue weighted by atomic mass is 9.96. The maximum atomic E-state index is 12.4. The lowest BCUT2D eigenvalue weighted by Crippen LogP contribution is -2.47. The lowest BCUT2D eigenvalue weighted by Gasteiger charge is -2.36. The van der Waals surface area contributed by atoms with E-state index in [-0.39, 0.29) is 30.1 Å². The highest BCUT2D eigenvalue weighted by Gasteiger charge is 2.27. The second-order valence-electron chi connectivity index (χ2n) is 10.1. The molecular formula is C24H43IN6O2. The minimum Gasteiger partial charge on any atom is -0.444 e. The predicted octanol–water partition coefficient (Wildman–Crippen LogP) is 4.66. The molecule has 0 radical (unpaired) electrons. The van der Waals surface area contributed by atoms with Gasteiger partial charge in [-0.25, -0.2) is 4.79 Å². The van der Waals surface area contributed by atoms with E-state index in [0.29, 0.717) is 25.0 Å². The molecule has 1 amide bonds. The molecule has 1 aromatic rings. The Bertz CT molecular complexity index is 761. The number of ether oxygens (including phenoxy) is 1. The van der Waals surface area contributed by atoms with E-state index in [4.69, 9.17) is 9.84 Å². The van der Waals surface area contributed by atoms with Crippen molar-refractivity contribution in [3.63, 3.8) is 0 Å². The number of halogens is 1. The van der Waals surface area contributed by atoms with Gasteiger partial charge < -0.3 is 19.9 Å². The Hall–Kier alpha value is -1.52. The van der Waals surface area contributed by atoms with Crippen LogP contribution in [0.1, 0.15) is 78.0 Å². The predicted molar refractivity (Wildman–Crippen MR) is 143 cm³/mol. The van der Waals surface area contributed by atoms with Gasteiger partial charge in [-0.15, -0.1) is 24.0 Å². The summed E-state index contributed by atoms with van der Waals surface area (Å²) in [7, 11) is 1.84. The van der Waals surface area contributed by atoms with Crippen molar-refractivity contribution >= 4 is 36.0 Å². The number of aromatic nitrogens is 2. The highest BCUT2D eigenvalue weighted by Crippen LogP contribution is 2.28. The SMILES string of the molecule is CCN(CC1CCN(C(=NC)NCc2ccn(C3CCCC3)n2)CC1)C(=O)OC(C)(C)C.I. The minimum atomic E-state index is -0.459. The zero-order valence-corrected chi connectivity index (χ0v) is 23.4. The second-order valence-corrected chi connectivity index (χ2v) is 10.1. The molecule has 3 rings (SSSR count). The highest BCUT2D eigenvalue weighted by molar-refractivity contribution is 14.0. The average Bonchev–Trinajstić information content (AvgIpc) is 3.44. The van der Waals surface area contributed by atoms with E-state index in [1.165, 1.54) is 25.7 Å². The Morgan fingerprint density at radius 1 is 1.24 bits per heavy atom. The van der Waals surface area contributed by atoms with Crippen molar-refractivity contribution < 1.29 is 9.53 Å². The summed E-state index contributed by atoms with van der Waals surface area (Å²) in [6, 6.07) is 2.69. The summed E-state index contributed by atoms with van der Waals surface area (Å²) in [5.74, 6) is 1.41. The van der Waals surface area contributed by atoms with E-state index in [1.807, 2.05) is 39.6 Å². The van der Waals surface area contributed by atoms with Crippen molar-refractivity contribution in [3.8, 4) is 0 Å². The molecule has 8 nitrogen and oxygen atoms in total. The first kappa shape index (κ1) is 27.7. The molecule has 1 aliphatic heterocycles. The first-order chi connectivity index (χ1) is 15.3. The van der Waals surface area contributed by atoms with Crippen molar-refractivity contribution in [2.75, 3.05) is 33.2 Å². The van der Waals surface area contributed by atoms with Gasteiger partial charge in [0.15, 0.2) is 5.96 Å². The fourth-order valence-corrected chi connectivity index (χ4v) is 4.64. The van der Waals surface area contributed by atoms with Crippen LogP contribution in [-0.4, -0.2) is 70.5 Å². The maximum absolute atomic E-state index is 12.4. The molecule has 0 bridgehead atoms. The molecular weight excluding hydrogens is 531 g/mol. The van der Waals surface area contributed by atoms with Crippen molar-refractivity contribution in [2.45, 2.75) is 84.4 Å². The van der Waals surface area contributed by atoms with Gasteiger partial charge in [-0.2, -0.15) is 5.10 Å². The van der Waals surface area contributed by atoms with E-state index >= 15 is 0 Å². The summed E-state index contributed by atoms with van der Waals surface area (Å²) in [6.45, 7) is 11.7. The van der Waals surface area contributed by atoms with Crippen LogP contribution in [-0.2, 0) is 11.3 Å². The van der Waals surface area contributed by atoms with Crippen LogP contribution < -0.4 is 5.32 Å². The van der Waals surface area contributed by atoms with Crippen molar-refractivity contribution in [1.29, 1.82) is 0 Å². The molecule has 0 atom stereocenters. The zero-order chi connectivity index (χ0) is 23.1. The normalized spacial score (nSPS) is 18.2. The highest BCUT2D eigenvalue weighted by atomic mass is 127. The average molecular weight is 575 g/mol. The number of hydrogen-bond acceptors (Lipinski definition) is 4. The molecule has 1 saturated heterocycles. The van der Waals surface area contributed by atoms with E-state index in [1.54, 1.807) is 0 Å². The molecule has 2 aliphatic rings. The summed E-state index contributed by atoms with van der Waals surface area (Å²) in [6.07, 6.45) is 9.10. The maximum Gasteiger partial charge on any atom is 0.410 e. The van der Waals surface area contributed by atoms with Gasteiger partial charge in [0, 0.05) is 39.4 Å². The molecule has 188 valence electrons. The van der Waals surface area contributed by atoms with Crippen LogP contribution in [0.3, 0.4) is 0 Å². The second kappa shape index (κ2) is 12.8. The molecule has 9 heteroatoms. The van der Waals surface area contributed by atoms with Crippen LogP contribution >= 0.6 is 24.0 Å². The van der Waals surface area contributed by atoms with Gasteiger partial charge in [0.2, 0.25) is 0 Å². The largest absolute Gasteiger partial charge is 0.444 e. The number of aliphatic imine (C=N–C) groups is 1. The zero-order valence-electron chi connectivity index (χ0n) is 21.0. The number of carbonyl (C=O) groups excluding carboxylic acids is 1.